The highest BCUT2D eigenvalue weighted by molar-refractivity contribution is 7.92. The average Bonchev–Trinajstić information content (AvgIpc) is 2.74. The predicted octanol–water partition coefficient (Wildman–Crippen LogP) is 5.64. The molecule has 1 amide bonds. The van der Waals surface area contributed by atoms with Crippen LogP contribution >= 0.6 is 11.6 Å². The van der Waals surface area contributed by atoms with E-state index in [-0.39, 0.29) is 42.3 Å². The highest BCUT2D eigenvalue weighted by Crippen LogP contribution is 2.55. The first kappa shape index (κ1) is 24.9. The van der Waals surface area contributed by atoms with Crippen molar-refractivity contribution in [3.63, 3.8) is 0 Å². The number of rotatable bonds is 4. The van der Waals surface area contributed by atoms with Crippen LogP contribution in [0.5, 0.6) is 0 Å². The maximum absolute atomic E-state index is 14.9. The van der Waals surface area contributed by atoms with E-state index in [0.29, 0.717) is 0 Å². The van der Waals surface area contributed by atoms with Crippen LogP contribution in [-0.2, 0) is 19.4 Å². The molecule has 11 heteroatoms. The summed E-state index contributed by atoms with van der Waals surface area (Å²) in [6.07, 6.45) is -5.88. The molecular formula is C23H21ClF5NO3S. The Morgan fingerprint density at radius 2 is 1.53 bits per heavy atom. The van der Waals surface area contributed by atoms with Gasteiger partial charge in [-0.05, 0) is 68.1 Å². The van der Waals surface area contributed by atoms with E-state index in [2.05, 4.69) is 0 Å². The molecule has 0 radical (unpaired) electrons. The average molecular weight is 522 g/mol. The number of carbonyl (C=O) groups excluding carboxylic acids is 1. The molecule has 2 aliphatic rings. The lowest BCUT2D eigenvalue weighted by Crippen LogP contribution is -2.59. The summed E-state index contributed by atoms with van der Waals surface area (Å²) in [7, 11) is -4.36. The normalized spacial score (nSPS) is 20.0. The lowest BCUT2D eigenvalue weighted by Gasteiger charge is -2.48. The van der Waals surface area contributed by atoms with Gasteiger partial charge < -0.3 is 4.90 Å². The van der Waals surface area contributed by atoms with E-state index >= 15 is 0 Å². The Hall–Kier alpha value is -2.20. The highest BCUT2D eigenvalue weighted by Gasteiger charge is 2.65. The van der Waals surface area contributed by atoms with Gasteiger partial charge in [0.2, 0.25) is 5.91 Å². The second-order valence-electron chi connectivity index (χ2n) is 8.80. The fraction of sp³-hybridized carbons (Fsp3) is 0.435. The molecular weight excluding hydrogens is 501 g/mol. The number of nitrogens with zero attached hydrogens (tertiary/aromatic N) is 1. The molecule has 2 aromatic rings. The molecule has 1 heterocycles. The molecule has 2 aromatic carbocycles. The molecule has 0 unspecified atom stereocenters. The van der Waals surface area contributed by atoms with Crippen LogP contribution in [0.1, 0.15) is 37.7 Å². The Labute approximate surface area is 198 Å². The van der Waals surface area contributed by atoms with Crippen LogP contribution in [0.2, 0.25) is 5.02 Å². The summed E-state index contributed by atoms with van der Waals surface area (Å²) in [5, 5.41) is 0.267. The molecule has 4 rings (SSSR count). The summed E-state index contributed by atoms with van der Waals surface area (Å²) >= 11 is 5.86. The number of hydrogen-bond donors (Lipinski definition) is 0. The van der Waals surface area contributed by atoms with Gasteiger partial charge in [0.25, 0.3) is 0 Å². The molecule has 0 bridgehead atoms. The summed E-state index contributed by atoms with van der Waals surface area (Å²) in [5.41, 5.74) is -2.88. The molecule has 34 heavy (non-hydrogen) atoms. The van der Waals surface area contributed by atoms with Crippen LogP contribution in [0.3, 0.4) is 0 Å². The lowest BCUT2D eigenvalue weighted by molar-refractivity contribution is -0.248. The zero-order valence-corrected chi connectivity index (χ0v) is 19.4. The van der Waals surface area contributed by atoms with Crippen molar-refractivity contribution in [2.24, 2.45) is 5.41 Å². The van der Waals surface area contributed by atoms with E-state index in [0.717, 1.165) is 23.1 Å². The molecule has 0 spiro atoms. The molecule has 1 aliphatic carbocycles. The van der Waals surface area contributed by atoms with Gasteiger partial charge in [0.15, 0.2) is 9.84 Å². The van der Waals surface area contributed by atoms with Crippen LogP contribution < -0.4 is 0 Å². The van der Waals surface area contributed by atoms with Gasteiger partial charge in [0.05, 0.1) is 4.90 Å². The number of alkyl halides is 3. The highest BCUT2D eigenvalue weighted by atomic mass is 35.5. The van der Waals surface area contributed by atoms with E-state index in [1.54, 1.807) is 0 Å². The topological polar surface area (TPSA) is 54.5 Å². The summed E-state index contributed by atoms with van der Waals surface area (Å²) in [6, 6.07) is 7.61. The Bertz CT molecular complexity index is 1200. The van der Waals surface area contributed by atoms with Crippen LogP contribution in [0.15, 0.2) is 47.4 Å². The third-order valence-corrected chi connectivity index (χ3v) is 9.88. The molecule has 1 saturated heterocycles. The van der Waals surface area contributed by atoms with Gasteiger partial charge in [-0.1, -0.05) is 18.0 Å². The quantitative estimate of drug-likeness (QED) is 0.489. The summed E-state index contributed by atoms with van der Waals surface area (Å²) in [5.74, 6) is -2.90. The Balaban J connectivity index is 1.74. The number of hydrogen-bond acceptors (Lipinski definition) is 3. The van der Waals surface area contributed by atoms with Crippen molar-refractivity contribution in [3.05, 3.63) is 64.7 Å². The molecule has 4 nitrogen and oxygen atoms in total. The van der Waals surface area contributed by atoms with Crippen molar-refractivity contribution in [3.8, 4) is 0 Å². The lowest BCUT2D eigenvalue weighted by atomic mass is 9.66. The fourth-order valence-electron chi connectivity index (χ4n) is 4.89. The van der Waals surface area contributed by atoms with E-state index in [1.807, 2.05) is 0 Å². The molecule has 2 fully saturated rings. The minimum absolute atomic E-state index is 0.189. The molecule has 0 aromatic heterocycles. The monoisotopic (exact) mass is 521 g/mol. The third-order valence-electron chi connectivity index (χ3n) is 7.08. The van der Waals surface area contributed by atoms with Crippen molar-refractivity contribution in [2.45, 2.75) is 47.9 Å². The number of likely N-dealkylation sites (tertiary alicyclic amines) is 1. The van der Waals surface area contributed by atoms with Gasteiger partial charge in [-0.2, -0.15) is 13.2 Å². The minimum atomic E-state index is -4.72. The second-order valence-corrected chi connectivity index (χ2v) is 11.5. The number of halogens is 6. The van der Waals surface area contributed by atoms with Crippen molar-refractivity contribution in [1.82, 2.24) is 4.90 Å². The Kier molecular flexibility index (Phi) is 6.21. The van der Waals surface area contributed by atoms with Gasteiger partial charge in [0, 0.05) is 23.7 Å². The van der Waals surface area contributed by atoms with Gasteiger partial charge in [-0.15, -0.1) is 0 Å². The second kappa shape index (κ2) is 8.48. The molecule has 0 N–H and O–H groups in total. The number of benzene rings is 2. The maximum atomic E-state index is 14.9. The van der Waals surface area contributed by atoms with E-state index < -0.39 is 62.1 Å². The number of sulfone groups is 1. The van der Waals surface area contributed by atoms with Gasteiger partial charge in [-0.25, -0.2) is 17.2 Å². The SMILES string of the molecule is O=C(N1CCC(c2cc(F)ccc2F)(S(=O)(=O)c2ccc(Cl)cc2)CC1)C1(C(F)(F)F)CCC1. The van der Waals surface area contributed by atoms with Crippen LogP contribution in [0.4, 0.5) is 22.0 Å². The van der Waals surface area contributed by atoms with E-state index in [9.17, 15) is 35.2 Å². The number of carbonyl (C=O) groups is 1. The predicted molar refractivity (Wildman–Crippen MR) is 115 cm³/mol. The van der Waals surface area contributed by atoms with E-state index in [1.165, 1.54) is 24.3 Å². The zero-order chi connectivity index (χ0) is 24.9. The Morgan fingerprint density at radius 1 is 0.941 bits per heavy atom. The molecule has 0 atom stereocenters. The van der Waals surface area contributed by atoms with Gasteiger partial charge in [-0.3, -0.25) is 4.79 Å². The molecule has 1 aliphatic heterocycles. The first-order valence-electron chi connectivity index (χ1n) is 10.7. The Morgan fingerprint density at radius 3 is 2.03 bits per heavy atom. The smallest absolute Gasteiger partial charge is 0.342 e. The first-order chi connectivity index (χ1) is 15.8. The van der Waals surface area contributed by atoms with Gasteiger partial charge in [0.1, 0.15) is 21.8 Å². The third kappa shape index (κ3) is 3.79. The largest absolute Gasteiger partial charge is 0.403 e. The summed E-state index contributed by atoms with van der Waals surface area (Å²) in [4.78, 5) is 13.7. The molecule has 1 saturated carbocycles. The van der Waals surface area contributed by atoms with Crippen molar-refractivity contribution < 1.29 is 35.2 Å². The molecule has 184 valence electrons. The standard InChI is InChI=1S/C23H21ClF5NO3S/c24-15-2-5-17(6-3-15)34(32,33)22(18-14-16(25)4-7-19(18)26)10-12-30(13-11-22)20(31)21(8-1-9-21)23(27,28)29/h2-7,14H,1,8-13H2. The zero-order valence-electron chi connectivity index (χ0n) is 17.8. The summed E-state index contributed by atoms with van der Waals surface area (Å²) in [6.45, 7) is -0.696. The summed E-state index contributed by atoms with van der Waals surface area (Å²) < 4.78 is 95.6. The van der Waals surface area contributed by atoms with Gasteiger partial charge >= 0.3 is 6.18 Å². The van der Waals surface area contributed by atoms with Crippen LogP contribution in [0, 0.1) is 17.0 Å². The minimum Gasteiger partial charge on any atom is -0.342 e. The maximum Gasteiger partial charge on any atom is 0.403 e. The van der Waals surface area contributed by atoms with Crippen molar-refractivity contribution >= 4 is 27.3 Å². The fourth-order valence-corrected chi connectivity index (χ4v) is 7.13. The first-order valence-corrected chi connectivity index (χ1v) is 12.5. The number of amides is 1. The van der Waals surface area contributed by atoms with Crippen molar-refractivity contribution in [1.29, 1.82) is 0 Å². The van der Waals surface area contributed by atoms with Crippen molar-refractivity contribution in [2.75, 3.05) is 13.1 Å². The van der Waals surface area contributed by atoms with Crippen LogP contribution in [-0.4, -0.2) is 38.5 Å². The number of piperidine rings is 1. The van der Waals surface area contributed by atoms with Crippen LogP contribution in [0.25, 0.3) is 0 Å². The van der Waals surface area contributed by atoms with E-state index in [4.69, 9.17) is 11.6 Å².